The molecule has 0 aliphatic carbocycles. The van der Waals surface area contributed by atoms with Crippen LogP contribution < -0.4 is 11.1 Å². The van der Waals surface area contributed by atoms with Gasteiger partial charge in [-0.15, -0.1) is 0 Å². The quantitative estimate of drug-likeness (QED) is 0.800. The lowest BCUT2D eigenvalue weighted by Crippen LogP contribution is -2.04. The smallest absolute Gasteiger partial charge is 0.338 e. The summed E-state index contributed by atoms with van der Waals surface area (Å²) in [5, 5.41) is 2.97. The van der Waals surface area contributed by atoms with E-state index in [1.54, 1.807) is 31.2 Å². The van der Waals surface area contributed by atoms with Crippen molar-refractivity contribution in [2.75, 3.05) is 11.9 Å². The number of ether oxygens (including phenoxy) is 1. The van der Waals surface area contributed by atoms with E-state index in [1.807, 2.05) is 0 Å². The molecule has 3 N–H and O–H groups in total. The molecule has 0 saturated carbocycles. The average molecular weight is 261 g/mol. The second-order valence-electron chi connectivity index (χ2n) is 3.77. The highest BCUT2D eigenvalue weighted by molar-refractivity contribution is 5.89. The number of rotatable bonds is 5. The standard InChI is InChI=1S/C13H15N3O3/c1-2-18-12(17)9-3-5-10(6-4-9)15-13-16-11(7-14)8-19-13/h3-6,8H,2,7,14H2,1H3,(H,15,16). The third-order valence-corrected chi connectivity index (χ3v) is 2.41. The van der Waals surface area contributed by atoms with Crippen LogP contribution >= 0.6 is 0 Å². The highest BCUT2D eigenvalue weighted by atomic mass is 16.5. The first-order valence-electron chi connectivity index (χ1n) is 5.91. The van der Waals surface area contributed by atoms with E-state index in [9.17, 15) is 4.79 Å². The molecule has 2 rings (SSSR count). The molecule has 0 aliphatic heterocycles. The van der Waals surface area contributed by atoms with E-state index < -0.39 is 0 Å². The molecule has 6 heteroatoms. The molecule has 1 aromatic carbocycles. The van der Waals surface area contributed by atoms with Crippen molar-refractivity contribution >= 4 is 17.7 Å². The minimum absolute atomic E-state index is 0.326. The number of nitrogens with two attached hydrogens (primary N) is 1. The van der Waals surface area contributed by atoms with E-state index in [0.29, 0.717) is 30.4 Å². The number of anilines is 2. The third-order valence-electron chi connectivity index (χ3n) is 2.41. The largest absolute Gasteiger partial charge is 0.462 e. The third kappa shape index (κ3) is 3.32. The monoisotopic (exact) mass is 261 g/mol. The first-order valence-corrected chi connectivity index (χ1v) is 5.91. The molecule has 6 nitrogen and oxygen atoms in total. The minimum atomic E-state index is -0.337. The molecule has 1 heterocycles. The van der Waals surface area contributed by atoms with E-state index in [0.717, 1.165) is 5.69 Å². The fourth-order valence-electron chi connectivity index (χ4n) is 1.49. The summed E-state index contributed by atoms with van der Waals surface area (Å²) in [5.74, 6) is -0.337. The number of aromatic nitrogens is 1. The Hall–Kier alpha value is -2.34. The van der Waals surface area contributed by atoms with Crippen LogP contribution in [-0.2, 0) is 11.3 Å². The lowest BCUT2D eigenvalue weighted by molar-refractivity contribution is 0.0526. The Balaban J connectivity index is 2.04. The molecule has 0 aliphatic rings. The molecular formula is C13H15N3O3. The molecule has 0 bridgehead atoms. The summed E-state index contributed by atoms with van der Waals surface area (Å²) in [7, 11) is 0. The molecule has 0 amide bonds. The van der Waals surface area contributed by atoms with Crippen LogP contribution in [0.4, 0.5) is 11.7 Å². The van der Waals surface area contributed by atoms with Gasteiger partial charge in [0.2, 0.25) is 0 Å². The molecule has 0 fully saturated rings. The van der Waals surface area contributed by atoms with Gasteiger partial charge in [0.25, 0.3) is 6.01 Å². The van der Waals surface area contributed by atoms with Crippen molar-refractivity contribution in [1.29, 1.82) is 0 Å². The van der Waals surface area contributed by atoms with Crippen LogP contribution in [0.3, 0.4) is 0 Å². The molecule has 0 atom stereocenters. The number of nitrogens with zero attached hydrogens (tertiary/aromatic N) is 1. The molecule has 2 aromatic rings. The molecule has 19 heavy (non-hydrogen) atoms. The number of nitrogens with one attached hydrogen (secondary N) is 1. The summed E-state index contributed by atoms with van der Waals surface area (Å²) in [6.07, 6.45) is 1.50. The van der Waals surface area contributed by atoms with Gasteiger partial charge in [-0.05, 0) is 31.2 Å². The Bertz CT molecular complexity index is 549. The Labute approximate surface area is 110 Å². The van der Waals surface area contributed by atoms with Crippen molar-refractivity contribution in [2.24, 2.45) is 5.73 Å². The number of hydrogen-bond acceptors (Lipinski definition) is 6. The average Bonchev–Trinajstić information content (AvgIpc) is 2.87. The highest BCUT2D eigenvalue weighted by Gasteiger charge is 2.07. The molecule has 0 radical (unpaired) electrons. The molecule has 100 valence electrons. The zero-order valence-electron chi connectivity index (χ0n) is 10.6. The summed E-state index contributed by atoms with van der Waals surface area (Å²) >= 11 is 0. The van der Waals surface area contributed by atoms with E-state index in [1.165, 1.54) is 6.26 Å². The van der Waals surface area contributed by atoms with Crippen molar-refractivity contribution < 1.29 is 13.9 Å². The number of hydrogen-bond donors (Lipinski definition) is 2. The molecular weight excluding hydrogens is 246 g/mol. The maximum Gasteiger partial charge on any atom is 0.338 e. The van der Waals surface area contributed by atoms with Gasteiger partial charge in [0, 0.05) is 12.2 Å². The summed E-state index contributed by atoms with van der Waals surface area (Å²) in [6.45, 7) is 2.45. The number of carbonyl (C=O) groups excluding carboxylic acids is 1. The second-order valence-corrected chi connectivity index (χ2v) is 3.77. The van der Waals surface area contributed by atoms with Crippen molar-refractivity contribution in [2.45, 2.75) is 13.5 Å². The number of esters is 1. The van der Waals surface area contributed by atoms with E-state index >= 15 is 0 Å². The number of carbonyl (C=O) groups is 1. The molecule has 0 saturated heterocycles. The summed E-state index contributed by atoms with van der Waals surface area (Å²) in [6, 6.07) is 7.21. The van der Waals surface area contributed by atoms with Gasteiger partial charge >= 0.3 is 5.97 Å². The van der Waals surface area contributed by atoms with Gasteiger partial charge in [-0.3, -0.25) is 0 Å². The van der Waals surface area contributed by atoms with Gasteiger partial charge in [-0.1, -0.05) is 0 Å². The van der Waals surface area contributed by atoms with Gasteiger partial charge in [0.15, 0.2) is 0 Å². The van der Waals surface area contributed by atoms with Crippen LogP contribution in [0.1, 0.15) is 23.0 Å². The fourth-order valence-corrected chi connectivity index (χ4v) is 1.49. The van der Waals surface area contributed by atoms with Crippen molar-refractivity contribution in [3.8, 4) is 0 Å². The summed E-state index contributed by atoms with van der Waals surface area (Å²) in [4.78, 5) is 15.6. The fraction of sp³-hybridized carbons (Fsp3) is 0.231. The van der Waals surface area contributed by atoms with Crippen molar-refractivity contribution in [3.05, 3.63) is 41.8 Å². The minimum Gasteiger partial charge on any atom is -0.462 e. The van der Waals surface area contributed by atoms with Gasteiger partial charge in [-0.2, -0.15) is 4.98 Å². The van der Waals surface area contributed by atoms with Gasteiger partial charge in [0.05, 0.1) is 17.9 Å². The van der Waals surface area contributed by atoms with Crippen LogP contribution in [0.15, 0.2) is 34.9 Å². The van der Waals surface area contributed by atoms with Gasteiger partial charge in [-0.25, -0.2) is 4.79 Å². The first kappa shape index (κ1) is 13.1. The summed E-state index contributed by atoms with van der Waals surface area (Å²) in [5.41, 5.74) is 7.37. The Kier molecular flexibility index (Phi) is 4.15. The zero-order valence-corrected chi connectivity index (χ0v) is 10.6. The lowest BCUT2D eigenvalue weighted by atomic mass is 10.2. The van der Waals surface area contributed by atoms with Gasteiger partial charge in [0.1, 0.15) is 6.26 Å². The predicted molar refractivity (Wildman–Crippen MR) is 70.1 cm³/mol. The van der Waals surface area contributed by atoms with Crippen LogP contribution in [0, 0.1) is 0 Å². The SMILES string of the molecule is CCOC(=O)c1ccc(Nc2nc(CN)co2)cc1. The molecule has 1 aromatic heterocycles. The molecule has 0 unspecified atom stereocenters. The molecule has 0 spiro atoms. The topological polar surface area (TPSA) is 90.4 Å². The van der Waals surface area contributed by atoms with Crippen molar-refractivity contribution in [1.82, 2.24) is 4.98 Å². The Morgan fingerprint density at radius 1 is 1.42 bits per heavy atom. The highest BCUT2D eigenvalue weighted by Crippen LogP contribution is 2.17. The van der Waals surface area contributed by atoms with Crippen LogP contribution in [-0.4, -0.2) is 17.6 Å². The van der Waals surface area contributed by atoms with E-state index in [4.69, 9.17) is 14.9 Å². The first-order chi connectivity index (χ1) is 9.22. The van der Waals surface area contributed by atoms with E-state index in [-0.39, 0.29) is 5.97 Å². The van der Waals surface area contributed by atoms with E-state index in [2.05, 4.69) is 10.3 Å². The summed E-state index contributed by atoms with van der Waals surface area (Å²) < 4.78 is 10.1. The zero-order chi connectivity index (χ0) is 13.7. The lowest BCUT2D eigenvalue weighted by Gasteiger charge is -2.04. The van der Waals surface area contributed by atoms with Crippen LogP contribution in [0.2, 0.25) is 0 Å². The van der Waals surface area contributed by atoms with Crippen molar-refractivity contribution in [3.63, 3.8) is 0 Å². The van der Waals surface area contributed by atoms with Gasteiger partial charge < -0.3 is 20.2 Å². The van der Waals surface area contributed by atoms with Crippen LogP contribution in [0.5, 0.6) is 0 Å². The number of oxazole rings is 1. The predicted octanol–water partition coefficient (Wildman–Crippen LogP) is 2.05. The second kappa shape index (κ2) is 6.01. The maximum absolute atomic E-state index is 11.5. The number of benzene rings is 1. The maximum atomic E-state index is 11.5. The van der Waals surface area contributed by atoms with Crippen LogP contribution in [0.25, 0.3) is 0 Å². The normalized spacial score (nSPS) is 10.2. The Morgan fingerprint density at radius 3 is 2.74 bits per heavy atom. The Morgan fingerprint density at radius 2 is 2.16 bits per heavy atom.